The molecule has 1 unspecified atom stereocenters. The Balaban J connectivity index is 2.07. The van der Waals surface area contributed by atoms with E-state index in [9.17, 15) is 13.2 Å². The van der Waals surface area contributed by atoms with E-state index in [4.69, 9.17) is 11.6 Å². The van der Waals surface area contributed by atoms with E-state index in [2.05, 4.69) is 5.32 Å². The van der Waals surface area contributed by atoms with Crippen molar-refractivity contribution in [3.63, 3.8) is 0 Å². The van der Waals surface area contributed by atoms with Gasteiger partial charge >= 0.3 is 6.03 Å². The van der Waals surface area contributed by atoms with E-state index in [0.717, 1.165) is 11.4 Å². The van der Waals surface area contributed by atoms with Crippen LogP contribution in [0.5, 0.6) is 0 Å². The zero-order valence-corrected chi connectivity index (χ0v) is 17.8. The number of piperidine rings is 1. The summed E-state index contributed by atoms with van der Waals surface area (Å²) >= 11 is 7.65. The maximum Gasteiger partial charge on any atom is 0.317 e. The Morgan fingerprint density at radius 1 is 1.42 bits per heavy atom. The molecule has 9 heteroatoms. The van der Waals surface area contributed by atoms with Gasteiger partial charge in [-0.2, -0.15) is 0 Å². The summed E-state index contributed by atoms with van der Waals surface area (Å²) in [5.74, 6) is 0. The summed E-state index contributed by atoms with van der Waals surface area (Å²) in [7, 11) is 0.334. The van der Waals surface area contributed by atoms with Crippen molar-refractivity contribution in [2.24, 2.45) is 0 Å². The van der Waals surface area contributed by atoms with Crippen LogP contribution in [-0.4, -0.2) is 76.0 Å². The molecule has 1 aliphatic heterocycles. The van der Waals surface area contributed by atoms with Gasteiger partial charge in [0, 0.05) is 31.1 Å². The Kier molecular flexibility index (Phi) is 7.63. The summed E-state index contributed by atoms with van der Waals surface area (Å²) in [4.78, 5) is 16.9. The van der Waals surface area contributed by atoms with E-state index in [1.165, 1.54) is 17.8 Å². The van der Waals surface area contributed by atoms with Crippen molar-refractivity contribution in [3.8, 4) is 0 Å². The van der Waals surface area contributed by atoms with Crippen molar-refractivity contribution in [3.05, 3.63) is 23.2 Å². The Hall–Kier alpha value is -0.960. The third kappa shape index (κ3) is 5.28. The molecule has 2 amide bonds. The van der Waals surface area contributed by atoms with Gasteiger partial charge in [-0.15, -0.1) is 11.8 Å². The SMILES string of the molecule is CSc1ccc(S(=O)(=O)C2CCCN(C(=O)NCCN(C)C)C2)cc1Cl. The fourth-order valence-electron chi connectivity index (χ4n) is 2.89. The molecule has 1 fully saturated rings. The minimum atomic E-state index is -3.53. The molecule has 1 saturated heterocycles. The van der Waals surface area contributed by atoms with Crippen LogP contribution in [0, 0.1) is 0 Å². The first-order chi connectivity index (χ1) is 12.3. The lowest BCUT2D eigenvalue weighted by molar-refractivity contribution is 0.186. The van der Waals surface area contributed by atoms with Gasteiger partial charge in [0.15, 0.2) is 9.84 Å². The fraction of sp³-hybridized carbons (Fsp3) is 0.588. The van der Waals surface area contributed by atoms with Crippen LogP contribution < -0.4 is 5.32 Å². The van der Waals surface area contributed by atoms with Gasteiger partial charge in [-0.05, 0) is 51.4 Å². The van der Waals surface area contributed by atoms with Crippen molar-refractivity contribution in [2.75, 3.05) is 46.5 Å². The smallest absolute Gasteiger partial charge is 0.317 e. The van der Waals surface area contributed by atoms with Crippen molar-refractivity contribution in [1.29, 1.82) is 0 Å². The first kappa shape index (κ1) is 21.3. The molecule has 0 aliphatic carbocycles. The zero-order valence-electron chi connectivity index (χ0n) is 15.4. The molecule has 0 radical (unpaired) electrons. The third-order valence-corrected chi connectivity index (χ3v) is 7.79. The molecular weight excluding hydrogens is 394 g/mol. The number of nitrogens with one attached hydrogen (secondary N) is 1. The molecule has 1 aliphatic rings. The summed E-state index contributed by atoms with van der Waals surface area (Å²) in [5.41, 5.74) is 0. The Morgan fingerprint density at radius 2 is 2.15 bits per heavy atom. The van der Waals surface area contributed by atoms with Crippen LogP contribution >= 0.6 is 23.4 Å². The van der Waals surface area contributed by atoms with Crippen LogP contribution in [0.2, 0.25) is 5.02 Å². The summed E-state index contributed by atoms with van der Waals surface area (Å²) < 4.78 is 26.0. The molecule has 0 aromatic heterocycles. The highest BCUT2D eigenvalue weighted by Gasteiger charge is 2.34. The molecule has 26 heavy (non-hydrogen) atoms. The average molecular weight is 420 g/mol. The minimum Gasteiger partial charge on any atom is -0.337 e. The number of likely N-dealkylation sites (tertiary alicyclic amines) is 1. The lowest BCUT2D eigenvalue weighted by Gasteiger charge is -2.32. The standard InChI is InChI=1S/C17H26ClN3O3S2/c1-20(2)10-8-19-17(22)21-9-4-5-14(12-21)26(23,24)13-6-7-16(25-3)15(18)11-13/h6-7,11,14H,4-5,8-10,12H2,1-3H3,(H,19,22). The zero-order chi connectivity index (χ0) is 19.3. The van der Waals surface area contributed by atoms with Gasteiger partial charge in [-0.25, -0.2) is 13.2 Å². The lowest BCUT2D eigenvalue weighted by Crippen LogP contribution is -2.49. The highest BCUT2D eigenvalue weighted by molar-refractivity contribution is 7.98. The number of rotatable bonds is 6. The second-order valence-electron chi connectivity index (χ2n) is 6.59. The molecule has 0 spiro atoms. The van der Waals surface area contributed by atoms with Crippen LogP contribution in [0.4, 0.5) is 4.79 Å². The van der Waals surface area contributed by atoms with Crippen molar-refractivity contribution in [2.45, 2.75) is 27.9 Å². The van der Waals surface area contributed by atoms with Crippen molar-refractivity contribution in [1.82, 2.24) is 15.1 Å². The van der Waals surface area contributed by atoms with E-state index in [0.29, 0.717) is 31.0 Å². The predicted molar refractivity (Wildman–Crippen MR) is 107 cm³/mol. The van der Waals surface area contributed by atoms with Gasteiger partial charge in [0.1, 0.15) is 0 Å². The molecule has 2 rings (SSSR count). The number of hydrogen-bond donors (Lipinski definition) is 1. The number of carbonyl (C=O) groups is 1. The molecule has 0 saturated carbocycles. The Morgan fingerprint density at radius 3 is 2.77 bits per heavy atom. The van der Waals surface area contributed by atoms with Gasteiger partial charge in [0.25, 0.3) is 0 Å². The lowest BCUT2D eigenvalue weighted by atomic mass is 10.1. The predicted octanol–water partition coefficient (Wildman–Crippen LogP) is 2.57. The topological polar surface area (TPSA) is 69.7 Å². The number of urea groups is 1. The van der Waals surface area contributed by atoms with Crippen LogP contribution in [0.15, 0.2) is 28.0 Å². The second kappa shape index (κ2) is 9.30. The second-order valence-corrected chi connectivity index (χ2v) is 10.1. The number of benzene rings is 1. The molecule has 1 heterocycles. The largest absolute Gasteiger partial charge is 0.337 e. The highest BCUT2D eigenvalue weighted by Crippen LogP contribution is 2.30. The van der Waals surface area contributed by atoms with Gasteiger partial charge in [0.2, 0.25) is 0 Å². The number of sulfone groups is 1. The molecule has 1 aromatic carbocycles. The first-order valence-corrected chi connectivity index (χ1v) is 11.7. The van der Waals surface area contributed by atoms with Crippen molar-refractivity contribution < 1.29 is 13.2 Å². The number of amides is 2. The quantitative estimate of drug-likeness (QED) is 0.717. The summed E-state index contributed by atoms with van der Waals surface area (Å²) in [6.45, 7) is 2.05. The van der Waals surface area contributed by atoms with E-state index in [1.807, 2.05) is 25.3 Å². The molecule has 6 nitrogen and oxygen atoms in total. The van der Waals surface area contributed by atoms with Gasteiger partial charge in [-0.1, -0.05) is 11.6 Å². The molecule has 0 bridgehead atoms. The number of halogens is 1. The maximum absolute atomic E-state index is 13.0. The average Bonchev–Trinajstić information content (AvgIpc) is 2.61. The van der Waals surface area contributed by atoms with Gasteiger partial charge in [-0.3, -0.25) is 0 Å². The fourth-order valence-corrected chi connectivity index (χ4v) is 5.60. The molecule has 1 aromatic rings. The Bertz CT molecular complexity index is 741. The number of nitrogens with zero attached hydrogens (tertiary/aromatic N) is 2. The van der Waals surface area contributed by atoms with Crippen LogP contribution in [0.1, 0.15) is 12.8 Å². The van der Waals surface area contributed by atoms with Crippen LogP contribution in [-0.2, 0) is 9.84 Å². The van der Waals surface area contributed by atoms with Gasteiger partial charge < -0.3 is 15.1 Å². The Labute approximate surface area is 165 Å². The molecule has 1 atom stereocenters. The highest BCUT2D eigenvalue weighted by atomic mass is 35.5. The molecule has 146 valence electrons. The number of likely N-dealkylation sites (N-methyl/N-ethyl adjacent to an activating group) is 1. The molecular formula is C17H26ClN3O3S2. The van der Waals surface area contributed by atoms with Crippen LogP contribution in [0.3, 0.4) is 0 Å². The first-order valence-electron chi connectivity index (χ1n) is 8.50. The normalized spacial score (nSPS) is 18.2. The number of carbonyl (C=O) groups excluding carboxylic acids is 1. The van der Waals surface area contributed by atoms with Crippen LogP contribution in [0.25, 0.3) is 0 Å². The van der Waals surface area contributed by atoms with E-state index in [-0.39, 0.29) is 17.5 Å². The molecule has 1 N–H and O–H groups in total. The minimum absolute atomic E-state index is 0.206. The van der Waals surface area contributed by atoms with E-state index in [1.54, 1.807) is 17.0 Å². The number of thioether (sulfide) groups is 1. The summed E-state index contributed by atoms with van der Waals surface area (Å²) in [5, 5.41) is 2.68. The van der Waals surface area contributed by atoms with Gasteiger partial charge in [0.05, 0.1) is 15.2 Å². The maximum atomic E-state index is 13.0. The van der Waals surface area contributed by atoms with E-state index < -0.39 is 15.1 Å². The summed E-state index contributed by atoms with van der Waals surface area (Å²) in [6.07, 6.45) is 3.11. The monoisotopic (exact) mass is 419 g/mol. The number of hydrogen-bond acceptors (Lipinski definition) is 5. The third-order valence-electron chi connectivity index (χ3n) is 4.39. The van der Waals surface area contributed by atoms with Crippen molar-refractivity contribution >= 4 is 39.2 Å². The summed E-state index contributed by atoms with van der Waals surface area (Å²) in [6, 6.07) is 4.64. The van der Waals surface area contributed by atoms with E-state index >= 15 is 0 Å².